The van der Waals surface area contributed by atoms with Crippen LogP contribution in [0, 0.1) is 0 Å². The molecule has 1 aliphatic heterocycles. The first kappa shape index (κ1) is 20.2. The smallest absolute Gasteiger partial charge is 0.325 e. The molecule has 1 heterocycles. The number of amides is 1. The lowest BCUT2D eigenvalue weighted by Gasteiger charge is -2.54. The minimum absolute atomic E-state index is 0.000191. The Bertz CT molecular complexity index is 1030. The van der Waals surface area contributed by atoms with Crippen molar-refractivity contribution < 1.29 is 26.4 Å². The van der Waals surface area contributed by atoms with Crippen molar-refractivity contribution in [3.05, 3.63) is 42.5 Å². The van der Waals surface area contributed by atoms with Gasteiger partial charge in [-0.2, -0.15) is 13.2 Å². The first-order valence-corrected chi connectivity index (χ1v) is 11.0. The monoisotopic (exact) mass is 426 g/mol. The number of halogens is 3. The van der Waals surface area contributed by atoms with E-state index in [1.54, 1.807) is 36.4 Å². The molecule has 156 valence electrons. The Morgan fingerprint density at radius 3 is 2.34 bits per heavy atom. The van der Waals surface area contributed by atoms with E-state index in [1.165, 1.54) is 11.0 Å². The zero-order valence-electron chi connectivity index (χ0n) is 15.6. The van der Waals surface area contributed by atoms with Crippen LogP contribution in [0.15, 0.2) is 47.4 Å². The van der Waals surface area contributed by atoms with Crippen LogP contribution in [0.2, 0.25) is 0 Å². The third kappa shape index (κ3) is 3.11. The largest absolute Gasteiger partial charge is 0.406 e. The van der Waals surface area contributed by atoms with E-state index in [0.717, 1.165) is 4.90 Å². The van der Waals surface area contributed by atoms with Gasteiger partial charge in [-0.1, -0.05) is 36.4 Å². The molecule has 2 aromatic carbocycles. The SMILES string of the molecule is O=CN1CCN(C2(C(F)(F)F)CCC2)CC1S(=O)(=O)c1cccc2ccccc12. The zero-order valence-corrected chi connectivity index (χ0v) is 16.4. The molecule has 1 saturated heterocycles. The van der Waals surface area contributed by atoms with Crippen LogP contribution in [0.5, 0.6) is 0 Å². The van der Waals surface area contributed by atoms with Crippen LogP contribution >= 0.6 is 0 Å². The summed E-state index contributed by atoms with van der Waals surface area (Å²) in [6.45, 7) is -0.417. The van der Waals surface area contributed by atoms with Gasteiger partial charge < -0.3 is 4.90 Å². The number of hydrogen-bond donors (Lipinski definition) is 0. The van der Waals surface area contributed by atoms with Gasteiger partial charge in [0.25, 0.3) is 0 Å². The van der Waals surface area contributed by atoms with Gasteiger partial charge in [-0.15, -0.1) is 0 Å². The number of alkyl halides is 3. The number of carbonyl (C=O) groups is 1. The minimum atomic E-state index is -4.44. The first-order valence-electron chi connectivity index (χ1n) is 9.45. The van der Waals surface area contributed by atoms with Crippen LogP contribution in [-0.2, 0) is 14.6 Å². The summed E-state index contributed by atoms with van der Waals surface area (Å²) in [5.41, 5.74) is -1.99. The molecule has 2 fully saturated rings. The highest BCUT2D eigenvalue weighted by atomic mass is 32.2. The van der Waals surface area contributed by atoms with Crippen molar-refractivity contribution in [3.63, 3.8) is 0 Å². The maximum Gasteiger partial charge on any atom is 0.406 e. The lowest BCUT2D eigenvalue weighted by atomic mass is 9.74. The molecule has 0 bridgehead atoms. The number of rotatable bonds is 4. The molecular formula is C20H21F3N2O3S. The lowest BCUT2D eigenvalue weighted by molar-refractivity contribution is -0.261. The lowest BCUT2D eigenvalue weighted by Crippen LogP contribution is -2.69. The van der Waals surface area contributed by atoms with E-state index in [1.807, 2.05) is 0 Å². The minimum Gasteiger partial charge on any atom is -0.325 e. The average molecular weight is 426 g/mol. The van der Waals surface area contributed by atoms with Gasteiger partial charge in [0, 0.05) is 25.0 Å². The van der Waals surface area contributed by atoms with E-state index in [-0.39, 0.29) is 37.4 Å². The van der Waals surface area contributed by atoms with Gasteiger partial charge in [0.05, 0.1) is 4.90 Å². The van der Waals surface area contributed by atoms with Crippen molar-refractivity contribution in [2.75, 3.05) is 19.6 Å². The van der Waals surface area contributed by atoms with Gasteiger partial charge in [-0.3, -0.25) is 9.69 Å². The number of piperazine rings is 1. The number of sulfone groups is 1. The molecule has 5 nitrogen and oxygen atoms in total. The van der Waals surface area contributed by atoms with Crippen LogP contribution in [-0.4, -0.2) is 61.4 Å². The molecule has 1 aliphatic carbocycles. The van der Waals surface area contributed by atoms with E-state index in [4.69, 9.17) is 0 Å². The highest BCUT2D eigenvalue weighted by molar-refractivity contribution is 7.92. The predicted molar refractivity (Wildman–Crippen MR) is 102 cm³/mol. The van der Waals surface area contributed by atoms with Crippen molar-refractivity contribution in [2.24, 2.45) is 0 Å². The Kier molecular flexibility index (Phi) is 4.85. The van der Waals surface area contributed by atoms with E-state index < -0.39 is 26.9 Å². The molecule has 2 aromatic rings. The fraction of sp³-hybridized carbons (Fsp3) is 0.450. The molecule has 0 spiro atoms. The summed E-state index contributed by atoms with van der Waals surface area (Å²) in [4.78, 5) is 13.9. The molecule has 29 heavy (non-hydrogen) atoms. The molecule has 2 aliphatic rings. The fourth-order valence-electron chi connectivity index (χ4n) is 4.43. The second-order valence-electron chi connectivity index (χ2n) is 7.65. The average Bonchev–Trinajstić information content (AvgIpc) is 2.65. The van der Waals surface area contributed by atoms with Gasteiger partial charge in [0.15, 0.2) is 5.37 Å². The van der Waals surface area contributed by atoms with E-state index in [2.05, 4.69) is 0 Å². The summed E-state index contributed by atoms with van der Waals surface area (Å²) in [7, 11) is -4.09. The maximum atomic E-state index is 13.8. The maximum absolute atomic E-state index is 13.8. The topological polar surface area (TPSA) is 57.7 Å². The Balaban J connectivity index is 1.75. The van der Waals surface area contributed by atoms with Crippen LogP contribution in [0.3, 0.4) is 0 Å². The second-order valence-corrected chi connectivity index (χ2v) is 9.72. The summed E-state index contributed by atoms with van der Waals surface area (Å²) in [5, 5.41) is -0.156. The van der Waals surface area contributed by atoms with Gasteiger partial charge in [-0.25, -0.2) is 8.42 Å². The third-order valence-corrected chi connectivity index (χ3v) is 8.34. The third-order valence-electron chi connectivity index (χ3n) is 6.24. The molecule has 9 heteroatoms. The Labute approximate surface area is 167 Å². The van der Waals surface area contributed by atoms with Crippen LogP contribution in [0.1, 0.15) is 19.3 Å². The quantitative estimate of drug-likeness (QED) is 0.705. The van der Waals surface area contributed by atoms with Crippen LogP contribution in [0.4, 0.5) is 13.2 Å². The summed E-state index contributed by atoms with van der Waals surface area (Å²) in [5.74, 6) is 0. The predicted octanol–water partition coefficient (Wildman–Crippen LogP) is 3.20. The van der Waals surface area contributed by atoms with E-state index in [9.17, 15) is 26.4 Å². The highest BCUT2D eigenvalue weighted by Crippen LogP contribution is 2.50. The number of nitrogens with zero attached hydrogens (tertiary/aromatic N) is 2. The Hall–Kier alpha value is -2.13. The van der Waals surface area contributed by atoms with E-state index in [0.29, 0.717) is 23.6 Å². The van der Waals surface area contributed by atoms with Crippen molar-refractivity contribution in [2.45, 2.75) is 41.2 Å². The number of fused-ring (bicyclic) bond motifs is 1. The van der Waals surface area contributed by atoms with Gasteiger partial charge in [0.1, 0.15) is 5.54 Å². The molecular weight excluding hydrogens is 405 g/mol. The van der Waals surface area contributed by atoms with Crippen LogP contribution < -0.4 is 0 Å². The summed E-state index contributed by atoms with van der Waals surface area (Å²) < 4.78 is 68.4. The summed E-state index contributed by atoms with van der Waals surface area (Å²) in [6.07, 6.45) is -3.65. The standard InChI is InChI=1S/C20H21F3N2O3S/c21-20(22,23)19(9-4-10-19)25-12-11-24(14-26)18(13-25)29(27,28)17-8-3-6-15-5-1-2-7-16(15)17/h1-3,5-8,14,18H,4,9-13H2. The van der Waals surface area contributed by atoms with Gasteiger partial charge >= 0.3 is 6.18 Å². The van der Waals surface area contributed by atoms with Crippen molar-refractivity contribution in [1.29, 1.82) is 0 Å². The molecule has 4 rings (SSSR count). The van der Waals surface area contributed by atoms with E-state index >= 15 is 0 Å². The second kappa shape index (κ2) is 6.98. The van der Waals surface area contributed by atoms with Crippen LogP contribution in [0.25, 0.3) is 10.8 Å². The summed E-state index contributed by atoms with van der Waals surface area (Å²) >= 11 is 0. The summed E-state index contributed by atoms with van der Waals surface area (Å²) in [6, 6.07) is 11.7. The molecule has 1 saturated carbocycles. The molecule has 0 aromatic heterocycles. The Morgan fingerprint density at radius 2 is 1.72 bits per heavy atom. The van der Waals surface area contributed by atoms with Crippen molar-refractivity contribution >= 4 is 27.0 Å². The molecule has 0 radical (unpaired) electrons. The van der Waals surface area contributed by atoms with Crippen molar-refractivity contribution in [3.8, 4) is 0 Å². The fourth-order valence-corrected chi connectivity index (χ4v) is 6.37. The molecule has 1 unspecified atom stereocenters. The number of hydrogen-bond acceptors (Lipinski definition) is 4. The van der Waals surface area contributed by atoms with Gasteiger partial charge in [-0.05, 0) is 30.7 Å². The zero-order chi connectivity index (χ0) is 20.9. The normalized spacial score (nSPS) is 23.0. The first-order chi connectivity index (χ1) is 13.7. The molecule has 1 amide bonds. The Morgan fingerprint density at radius 1 is 1.03 bits per heavy atom. The molecule has 1 atom stereocenters. The number of benzene rings is 2. The number of carbonyl (C=O) groups excluding carboxylic acids is 1. The highest BCUT2D eigenvalue weighted by Gasteiger charge is 2.62. The molecule has 0 N–H and O–H groups in total. The van der Waals surface area contributed by atoms with Crippen molar-refractivity contribution in [1.82, 2.24) is 9.80 Å². The van der Waals surface area contributed by atoms with Gasteiger partial charge in [0.2, 0.25) is 16.2 Å².